The van der Waals surface area contributed by atoms with Crippen molar-refractivity contribution < 1.29 is 9.59 Å². The van der Waals surface area contributed by atoms with Crippen LogP contribution in [-0.2, 0) is 17.8 Å². The zero-order valence-corrected chi connectivity index (χ0v) is 17.7. The van der Waals surface area contributed by atoms with Crippen LogP contribution in [0.1, 0.15) is 34.0 Å². The summed E-state index contributed by atoms with van der Waals surface area (Å²) in [6.07, 6.45) is 0.428. The van der Waals surface area contributed by atoms with Crippen LogP contribution in [0.2, 0.25) is 5.02 Å². The Labute approximate surface area is 181 Å². The van der Waals surface area contributed by atoms with Crippen LogP contribution in [0.25, 0.3) is 0 Å². The summed E-state index contributed by atoms with van der Waals surface area (Å²) in [7, 11) is 0. The molecule has 2 amide bonds. The molecule has 1 unspecified atom stereocenters. The van der Waals surface area contributed by atoms with Crippen LogP contribution in [0.5, 0.6) is 0 Å². The summed E-state index contributed by atoms with van der Waals surface area (Å²) in [5.41, 5.74) is 3.26. The number of benzene rings is 3. The van der Waals surface area contributed by atoms with E-state index in [1.54, 1.807) is 29.2 Å². The number of carbonyl (C=O) groups is 2. The van der Waals surface area contributed by atoms with Crippen molar-refractivity contribution in [2.45, 2.75) is 32.4 Å². The highest BCUT2D eigenvalue weighted by Crippen LogP contribution is 2.36. The molecule has 0 saturated heterocycles. The van der Waals surface area contributed by atoms with E-state index in [0.29, 0.717) is 29.2 Å². The van der Waals surface area contributed by atoms with Gasteiger partial charge < -0.3 is 5.32 Å². The van der Waals surface area contributed by atoms with Crippen molar-refractivity contribution in [1.82, 2.24) is 5.32 Å². The smallest absolute Gasteiger partial charge is 0.259 e. The number of nitrogens with one attached hydrogen (secondary N) is 1. The topological polar surface area (TPSA) is 49.4 Å². The van der Waals surface area contributed by atoms with E-state index < -0.39 is 5.54 Å². The normalized spacial score (nSPS) is 18.1. The summed E-state index contributed by atoms with van der Waals surface area (Å²) < 4.78 is 0. The van der Waals surface area contributed by atoms with Crippen molar-refractivity contribution >= 4 is 29.1 Å². The molecule has 3 aromatic carbocycles. The highest BCUT2D eigenvalue weighted by atomic mass is 35.5. The molecule has 4 nitrogen and oxygen atoms in total. The minimum atomic E-state index is -1.07. The molecule has 0 aromatic heterocycles. The van der Waals surface area contributed by atoms with E-state index in [9.17, 15) is 9.59 Å². The second kappa shape index (κ2) is 7.96. The van der Waals surface area contributed by atoms with Crippen LogP contribution >= 0.6 is 11.6 Å². The van der Waals surface area contributed by atoms with E-state index in [2.05, 4.69) is 5.32 Å². The van der Waals surface area contributed by atoms with Gasteiger partial charge in [0.1, 0.15) is 5.54 Å². The van der Waals surface area contributed by atoms with Gasteiger partial charge in [0.2, 0.25) is 5.91 Å². The van der Waals surface area contributed by atoms with E-state index in [0.717, 1.165) is 11.1 Å². The van der Waals surface area contributed by atoms with Crippen LogP contribution in [-0.4, -0.2) is 17.4 Å². The van der Waals surface area contributed by atoms with Crippen LogP contribution in [0.4, 0.5) is 5.69 Å². The monoisotopic (exact) mass is 418 g/mol. The Bertz CT molecular complexity index is 1090. The Balaban J connectivity index is 1.69. The molecule has 1 heterocycles. The maximum atomic E-state index is 13.4. The number of hydrogen-bond donors (Lipinski definition) is 1. The second-order valence-corrected chi connectivity index (χ2v) is 8.33. The first kappa shape index (κ1) is 20.2. The quantitative estimate of drug-likeness (QED) is 0.653. The van der Waals surface area contributed by atoms with Gasteiger partial charge in [-0.3, -0.25) is 14.5 Å². The largest absolute Gasteiger partial charge is 0.350 e. The molecule has 3 aromatic rings. The average molecular weight is 419 g/mol. The molecule has 0 radical (unpaired) electrons. The fourth-order valence-corrected chi connectivity index (χ4v) is 4.06. The van der Waals surface area contributed by atoms with Gasteiger partial charge in [-0.05, 0) is 55.3 Å². The van der Waals surface area contributed by atoms with E-state index in [1.807, 2.05) is 62.4 Å². The number of nitrogens with zero attached hydrogens (tertiary/aromatic N) is 1. The maximum absolute atomic E-state index is 13.4. The molecule has 5 heteroatoms. The molecule has 0 bridgehead atoms. The number of anilines is 1. The summed E-state index contributed by atoms with van der Waals surface area (Å²) in [5, 5.41) is 3.61. The summed E-state index contributed by atoms with van der Waals surface area (Å²) in [6, 6.07) is 22.5. The van der Waals surface area contributed by atoms with Crippen LogP contribution in [0, 0.1) is 6.92 Å². The van der Waals surface area contributed by atoms with E-state index in [1.165, 1.54) is 5.56 Å². The summed E-state index contributed by atoms with van der Waals surface area (Å²) in [5.74, 6) is -0.381. The van der Waals surface area contributed by atoms with Crippen LogP contribution in [0.3, 0.4) is 0 Å². The maximum Gasteiger partial charge on any atom is 0.259 e. The lowest BCUT2D eigenvalue weighted by molar-refractivity contribution is -0.126. The molecule has 1 atom stereocenters. The third-order valence-electron chi connectivity index (χ3n) is 5.63. The predicted octanol–water partition coefficient (Wildman–Crippen LogP) is 4.93. The van der Waals surface area contributed by atoms with Crippen molar-refractivity contribution in [2.24, 2.45) is 0 Å². The third-order valence-corrected chi connectivity index (χ3v) is 5.88. The van der Waals surface area contributed by atoms with Gasteiger partial charge >= 0.3 is 0 Å². The number of hydrogen-bond acceptors (Lipinski definition) is 2. The fourth-order valence-electron chi connectivity index (χ4n) is 3.93. The first-order valence-electron chi connectivity index (χ1n) is 9.90. The SMILES string of the molecule is Cc1ccc(CNC(=O)C2(C)Cc3ccccc3C(=O)N2c2ccc(Cl)cc2)cc1. The van der Waals surface area contributed by atoms with Gasteiger partial charge in [0.05, 0.1) is 0 Å². The first-order chi connectivity index (χ1) is 14.4. The van der Waals surface area contributed by atoms with Crippen LogP contribution < -0.4 is 10.2 Å². The lowest BCUT2D eigenvalue weighted by Gasteiger charge is -2.44. The minimum absolute atomic E-state index is 0.188. The summed E-state index contributed by atoms with van der Waals surface area (Å²) >= 11 is 6.05. The number of rotatable bonds is 4. The van der Waals surface area contributed by atoms with Crippen molar-refractivity contribution in [1.29, 1.82) is 0 Å². The van der Waals surface area contributed by atoms with E-state index in [-0.39, 0.29) is 11.8 Å². The molecule has 152 valence electrons. The van der Waals surface area contributed by atoms with Gasteiger partial charge in [-0.2, -0.15) is 0 Å². The lowest BCUT2D eigenvalue weighted by atomic mass is 9.82. The minimum Gasteiger partial charge on any atom is -0.350 e. The zero-order chi connectivity index (χ0) is 21.3. The molecule has 30 heavy (non-hydrogen) atoms. The highest BCUT2D eigenvalue weighted by molar-refractivity contribution is 6.30. The highest BCUT2D eigenvalue weighted by Gasteiger charge is 2.47. The number of fused-ring (bicyclic) bond motifs is 1. The summed E-state index contributed by atoms with van der Waals surface area (Å²) in [6.45, 7) is 4.25. The Morgan fingerprint density at radius 3 is 2.40 bits per heavy atom. The Morgan fingerprint density at radius 1 is 1.03 bits per heavy atom. The second-order valence-electron chi connectivity index (χ2n) is 7.89. The molecule has 0 saturated carbocycles. The van der Waals surface area contributed by atoms with Gasteiger partial charge in [0, 0.05) is 29.2 Å². The van der Waals surface area contributed by atoms with Crippen molar-refractivity contribution in [3.8, 4) is 0 Å². The molecule has 0 aliphatic carbocycles. The van der Waals surface area contributed by atoms with Gasteiger partial charge in [0.15, 0.2) is 0 Å². The Morgan fingerprint density at radius 2 is 1.70 bits per heavy atom. The standard InChI is InChI=1S/C25H23ClN2O2/c1-17-7-9-18(10-8-17)16-27-24(30)25(2)15-19-5-3-4-6-22(19)23(29)28(25)21-13-11-20(26)12-14-21/h3-14H,15-16H2,1-2H3,(H,27,30). The molecule has 1 aliphatic heterocycles. The molecular weight excluding hydrogens is 396 g/mol. The van der Waals surface area contributed by atoms with Gasteiger partial charge in [-0.1, -0.05) is 59.6 Å². The van der Waals surface area contributed by atoms with E-state index >= 15 is 0 Å². The lowest BCUT2D eigenvalue weighted by Crippen LogP contribution is -2.63. The van der Waals surface area contributed by atoms with Crippen LogP contribution in [0.15, 0.2) is 72.8 Å². The molecular formula is C25H23ClN2O2. The Kier molecular flexibility index (Phi) is 5.35. The van der Waals surface area contributed by atoms with Gasteiger partial charge in [-0.25, -0.2) is 0 Å². The molecule has 1 aliphatic rings. The van der Waals surface area contributed by atoms with Crippen molar-refractivity contribution in [2.75, 3.05) is 4.90 Å². The number of aryl methyl sites for hydroxylation is 1. The zero-order valence-electron chi connectivity index (χ0n) is 17.0. The van der Waals surface area contributed by atoms with Crippen molar-refractivity contribution in [3.05, 3.63) is 100 Å². The number of halogens is 1. The molecule has 0 spiro atoms. The van der Waals surface area contributed by atoms with Gasteiger partial charge in [-0.15, -0.1) is 0 Å². The number of amides is 2. The Hall–Kier alpha value is -3.11. The molecule has 1 N–H and O–H groups in total. The number of carbonyl (C=O) groups excluding carboxylic acids is 2. The first-order valence-corrected chi connectivity index (χ1v) is 10.3. The predicted molar refractivity (Wildman–Crippen MR) is 120 cm³/mol. The average Bonchev–Trinajstić information content (AvgIpc) is 2.74. The molecule has 4 rings (SSSR count). The van der Waals surface area contributed by atoms with E-state index in [4.69, 9.17) is 11.6 Å². The van der Waals surface area contributed by atoms with Crippen molar-refractivity contribution in [3.63, 3.8) is 0 Å². The van der Waals surface area contributed by atoms with Gasteiger partial charge in [0.25, 0.3) is 5.91 Å². The molecule has 0 fully saturated rings. The summed E-state index contributed by atoms with van der Waals surface area (Å²) in [4.78, 5) is 28.5. The fraction of sp³-hybridized carbons (Fsp3) is 0.200. The third kappa shape index (κ3) is 3.71.